The Morgan fingerprint density at radius 2 is 1.95 bits per heavy atom. The number of hydrogen-bond acceptors (Lipinski definition) is 5. The molecule has 5 nitrogen and oxygen atoms in total. The van der Waals surface area contributed by atoms with Gasteiger partial charge < -0.3 is 9.64 Å². The summed E-state index contributed by atoms with van der Waals surface area (Å²) in [6, 6.07) is 5.90. The van der Waals surface area contributed by atoms with Gasteiger partial charge in [-0.15, -0.1) is 0 Å². The Bertz CT molecular complexity index is 606. The molecule has 0 amide bonds. The van der Waals surface area contributed by atoms with E-state index in [9.17, 15) is 0 Å². The van der Waals surface area contributed by atoms with Crippen molar-refractivity contribution in [1.82, 2.24) is 15.0 Å². The standard InChI is InChI=1S/C12H12BrClN4O/c1-7-4-5-8(13)6-9(7)19-12-16-10(14)15-11(17-12)18(2)3/h4-6H,1-3H3. The second-order valence-corrected chi connectivity index (χ2v) is 5.35. The van der Waals surface area contributed by atoms with Crippen LogP contribution in [0.2, 0.25) is 5.28 Å². The highest BCUT2D eigenvalue weighted by atomic mass is 79.9. The molecule has 0 aliphatic rings. The van der Waals surface area contributed by atoms with Gasteiger partial charge in [-0.2, -0.15) is 15.0 Å². The molecule has 0 saturated heterocycles. The van der Waals surface area contributed by atoms with Crippen LogP contribution in [0.5, 0.6) is 11.8 Å². The molecule has 1 aromatic heterocycles. The molecule has 0 aliphatic carbocycles. The van der Waals surface area contributed by atoms with Crippen molar-refractivity contribution in [3.63, 3.8) is 0 Å². The fraction of sp³-hybridized carbons (Fsp3) is 0.250. The fourth-order valence-corrected chi connectivity index (χ4v) is 1.84. The zero-order chi connectivity index (χ0) is 14.0. The average molecular weight is 344 g/mol. The second-order valence-electron chi connectivity index (χ2n) is 4.09. The second kappa shape index (κ2) is 5.71. The zero-order valence-electron chi connectivity index (χ0n) is 10.7. The molecule has 0 radical (unpaired) electrons. The van der Waals surface area contributed by atoms with Gasteiger partial charge in [0.25, 0.3) is 0 Å². The molecule has 2 rings (SSSR count). The minimum Gasteiger partial charge on any atom is -0.424 e. The molecule has 0 unspecified atom stereocenters. The molecule has 19 heavy (non-hydrogen) atoms. The Hall–Kier alpha value is -1.40. The van der Waals surface area contributed by atoms with Crippen molar-refractivity contribution in [3.05, 3.63) is 33.5 Å². The summed E-state index contributed by atoms with van der Waals surface area (Å²) >= 11 is 9.25. The highest BCUT2D eigenvalue weighted by molar-refractivity contribution is 9.10. The number of aryl methyl sites for hydroxylation is 1. The number of aromatic nitrogens is 3. The van der Waals surface area contributed by atoms with Crippen LogP contribution < -0.4 is 9.64 Å². The SMILES string of the molecule is Cc1ccc(Br)cc1Oc1nc(Cl)nc(N(C)C)n1. The Labute approximate surface area is 124 Å². The first-order chi connectivity index (χ1) is 8.95. The highest BCUT2D eigenvalue weighted by Crippen LogP contribution is 2.27. The van der Waals surface area contributed by atoms with Gasteiger partial charge in [-0.3, -0.25) is 0 Å². The molecule has 2 aromatic rings. The lowest BCUT2D eigenvalue weighted by Crippen LogP contribution is -2.13. The van der Waals surface area contributed by atoms with Crippen molar-refractivity contribution in [2.24, 2.45) is 0 Å². The third kappa shape index (κ3) is 3.54. The Balaban J connectivity index is 2.35. The van der Waals surface area contributed by atoms with Crippen LogP contribution in [-0.4, -0.2) is 29.0 Å². The average Bonchev–Trinajstić information content (AvgIpc) is 2.33. The number of nitrogens with zero attached hydrogens (tertiary/aromatic N) is 4. The minimum atomic E-state index is 0.0985. The first-order valence-corrected chi connectivity index (χ1v) is 6.65. The van der Waals surface area contributed by atoms with Gasteiger partial charge >= 0.3 is 6.01 Å². The molecular formula is C12H12BrClN4O. The van der Waals surface area contributed by atoms with Crippen molar-refractivity contribution in [2.75, 3.05) is 19.0 Å². The van der Waals surface area contributed by atoms with Crippen LogP contribution in [-0.2, 0) is 0 Å². The summed E-state index contributed by atoms with van der Waals surface area (Å²) in [6.45, 7) is 1.94. The lowest BCUT2D eigenvalue weighted by molar-refractivity contribution is 0.436. The van der Waals surface area contributed by atoms with Gasteiger partial charge in [0, 0.05) is 18.6 Å². The Kier molecular flexibility index (Phi) is 4.21. The maximum absolute atomic E-state index is 5.85. The van der Waals surface area contributed by atoms with Crippen molar-refractivity contribution >= 4 is 33.5 Å². The van der Waals surface area contributed by atoms with Crippen molar-refractivity contribution in [3.8, 4) is 11.8 Å². The topological polar surface area (TPSA) is 51.1 Å². The van der Waals surface area contributed by atoms with Crippen LogP contribution in [0.4, 0.5) is 5.95 Å². The summed E-state index contributed by atoms with van der Waals surface area (Å²) in [5.41, 5.74) is 0.978. The molecule has 1 heterocycles. The molecule has 7 heteroatoms. The molecule has 0 fully saturated rings. The largest absolute Gasteiger partial charge is 0.424 e. The number of hydrogen-bond donors (Lipinski definition) is 0. The van der Waals surface area contributed by atoms with Gasteiger partial charge in [0.1, 0.15) is 5.75 Å². The van der Waals surface area contributed by atoms with E-state index in [4.69, 9.17) is 16.3 Å². The lowest BCUT2D eigenvalue weighted by Gasteiger charge is -2.12. The summed E-state index contributed by atoms with van der Waals surface area (Å²) in [5, 5.41) is 0.0985. The van der Waals surface area contributed by atoms with E-state index in [1.165, 1.54) is 0 Å². The molecule has 0 spiro atoms. The number of ether oxygens (including phenoxy) is 1. The summed E-state index contributed by atoms with van der Waals surface area (Å²) < 4.78 is 6.58. The van der Waals surface area contributed by atoms with E-state index in [2.05, 4.69) is 30.9 Å². The third-order valence-electron chi connectivity index (χ3n) is 2.33. The summed E-state index contributed by atoms with van der Waals surface area (Å²) in [6.07, 6.45) is 0. The van der Waals surface area contributed by atoms with Crippen LogP contribution in [0.1, 0.15) is 5.56 Å². The van der Waals surface area contributed by atoms with E-state index in [0.29, 0.717) is 11.7 Å². The monoisotopic (exact) mass is 342 g/mol. The minimum absolute atomic E-state index is 0.0985. The molecule has 0 N–H and O–H groups in total. The molecule has 1 aromatic carbocycles. The van der Waals surface area contributed by atoms with Gasteiger partial charge in [0.2, 0.25) is 11.2 Å². The predicted molar refractivity (Wildman–Crippen MR) is 78.1 cm³/mol. The van der Waals surface area contributed by atoms with Crippen LogP contribution >= 0.6 is 27.5 Å². The number of benzene rings is 1. The van der Waals surface area contributed by atoms with Crippen LogP contribution in [0.25, 0.3) is 0 Å². The van der Waals surface area contributed by atoms with Crippen LogP contribution in [0.3, 0.4) is 0 Å². The van der Waals surface area contributed by atoms with Crippen LogP contribution in [0.15, 0.2) is 22.7 Å². The van der Waals surface area contributed by atoms with Gasteiger partial charge in [-0.05, 0) is 36.2 Å². The van der Waals surface area contributed by atoms with Gasteiger partial charge in [0.15, 0.2) is 0 Å². The Morgan fingerprint density at radius 3 is 2.63 bits per heavy atom. The van der Waals surface area contributed by atoms with E-state index in [1.807, 2.05) is 39.2 Å². The smallest absolute Gasteiger partial charge is 0.328 e. The van der Waals surface area contributed by atoms with Crippen molar-refractivity contribution < 1.29 is 4.74 Å². The maximum Gasteiger partial charge on any atom is 0.328 e. The Morgan fingerprint density at radius 1 is 1.21 bits per heavy atom. The molecule has 0 atom stereocenters. The van der Waals surface area contributed by atoms with Gasteiger partial charge in [-0.1, -0.05) is 22.0 Å². The summed E-state index contributed by atoms with van der Waals surface area (Å²) in [4.78, 5) is 13.9. The first-order valence-electron chi connectivity index (χ1n) is 5.48. The molecule has 0 saturated carbocycles. The fourth-order valence-electron chi connectivity index (χ4n) is 1.35. The quantitative estimate of drug-likeness (QED) is 0.854. The molecular weight excluding hydrogens is 332 g/mol. The molecule has 100 valence electrons. The highest BCUT2D eigenvalue weighted by Gasteiger charge is 2.10. The predicted octanol–water partition coefficient (Wildman–Crippen LogP) is 3.45. The molecule has 0 bridgehead atoms. The number of halogens is 2. The van der Waals surface area contributed by atoms with Crippen molar-refractivity contribution in [1.29, 1.82) is 0 Å². The van der Waals surface area contributed by atoms with Gasteiger partial charge in [0.05, 0.1) is 0 Å². The number of rotatable bonds is 3. The lowest BCUT2D eigenvalue weighted by atomic mass is 10.2. The summed E-state index contributed by atoms with van der Waals surface area (Å²) in [7, 11) is 3.64. The summed E-state index contributed by atoms with van der Waals surface area (Å²) in [5.74, 6) is 1.11. The maximum atomic E-state index is 5.85. The molecule has 0 aliphatic heterocycles. The number of anilines is 1. The first kappa shape index (κ1) is 14.0. The third-order valence-corrected chi connectivity index (χ3v) is 2.99. The van der Waals surface area contributed by atoms with E-state index in [0.717, 1.165) is 10.0 Å². The normalized spacial score (nSPS) is 10.4. The van der Waals surface area contributed by atoms with E-state index in [1.54, 1.807) is 4.90 Å². The van der Waals surface area contributed by atoms with E-state index in [-0.39, 0.29) is 11.3 Å². The van der Waals surface area contributed by atoms with E-state index < -0.39 is 0 Å². The van der Waals surface area contributed by atoms with E-state index >= 15 is 0 Å². The van der Waals surface area contributed by atoms with Crippen LogP contribution in [0, 0.1) is 6.92 Å². The van der Waals surface area contributed by atoms with Gasteiger partial charge in [-0.25, -0.2) is 0 Å². The van der Waals surface area contributed by atoms with Crippen molar-refractivity contribution in [2.45, 2.75) is 6.92 Å². The zero-order valence-corrected chi connectivity index (χ0v) is 13.0.